The molecule has 0 atom stereocenters. The van der Waals surface area contributed by atoms with Crippen molar-refractivity contribution in [2.75, 3.05) is 11.9 Å². The van der Waals surface area contributed by atoms with E-state index in [-0.39, 0.29) is 17.2 Å². The van der Waals surface area contributed by atoms with E-state index in [2.05, 4.69) is 5.32 Å². The van der Waals surface area contributed by atoms with Crippen molar-refractivity contribution in [3.63, 3.8) is 0 Å². The molecule has 1 aliphatic rings. The highest BCUT2D eigenvalue weighted by atomic mass is 35.5. The zero-order chi connectivity index (χ0) is 26.5. The first-order valence-electron chi connectivity index (χ1n) is 11.0. The lowest BCUT2D eigenvalue weighted by Crippen LogP contribution is -2.36. The molecule has 3 aromatic carbocycles. The summed E-state index contributed by atoms with van der Waals surface area (Å²) in [6.45, 7) is 1.51. The minimum atomic E-state index is -0.585. The van der Waals surface area contributed by atoms with Gasteiger partial charge in [0.05, 0.1) is 9.83 Å². The van der Waals surface area contributed by atoms with E-state index < -0.39 is 28.5 Å². The third-order valence-corrected chi connectivity index (χ3v) is 6.54. The molecule has 188 valence electrons. The average Bonchev–Trinajstić information content (AvgIpc) is 3.13. The van der Waals surface area contributed by atoms with Crippen molar-refractivity contribution in [2.24, 2.45) is 0 Å². The third kappa shape index (κ3) is 6.35. The molecule has 1 N–H and O–H groups in total. The van der Waals surface area contributed by atoms with Gasteiger partial charge in [-0.15, -0.1) is 0 Å². The molecule has 0 radical (unpaired) electrons. The number of amides is 3. The number of anilines is 1. The highest BCUT2D eigenvalue weighted by Gasteiger charge is 2.36. The summed E-state index contributed by atoms with van der Waals surface area (Å²) in [7, 11) is 0. The van der Waals surface area contributed by atoms with Crippen LogP contribution in [0.4, 0.5) is 16.2 Å². The van der Waals surface area contributed by atoms with Crippen LogP contribution in [0.2, 0.25) is 5.02 Å². The number of nitrogens with zero attached hydrogens (tertiary/aromatic N) is 2. The number of nitro groups is 1. The molecule has 0 unspecified atom stereocenters. The number of rotatable bonds is 8. The molecule has 1 fully saturated rings. The second kappa shape index (κ2) is 11.3. The van der Waals surface area contributed by atoms with Gasteiger partial charge in [0.1, 0.15) is 18.9 Å². The summed E-state index contributed by atoms with van der Waals surface area (Å²) in [6, 6.07) is 18.0. The van der Waals surface area contributed by atoms with Gasteiger partial charge in [0.15, 0.2) is 0 Å². The number of ether oxygens (including phenoxy) is 1. The van der Waals surface area contributed by atoms with Crippen LogP contribution in [0, 0.1) is 17.0 Å². The van der Waals surface area contributed by atoms with Crippen LogP contribution >= 0.6 is 23.4 Å². The fourth-order valence-corrected chi connectivity index (χ4v) is 4.45. The van der Waals surface area contributed by atoms with Crippen LogP contribution in [0.1, 0.15) is 16.7 Å². The van der Waals surface area contributed by atoms with Gasteiger partial charge in [-0.1, -0.05) is 35.9 Å². The number of halogens is 1. The van der Waals surface area contributed by atoms with Gasteiger partial charge < -0.3 is 10.1 Å². The second-order valence-electron chi connectivity index (χ2n) is 8.03. The maximum absolute atomic E-state index is 12.9. The highest BCUT2D eigenvalue weighted by molar-refractivity contribution is 8.18. The topological polar surface area (TPSA) is 119 Å². The van der Waals surface area contributed by atoms with Crippen molar-refractivity contribution < 1.29 is 24.0 Å². The van der Waals surface area contributed by atoms with E-state index >= 15 is 0 Å². The van der Waals surface area contributed by atoms with Crippen LogP contribution in [0.15, 0.2) is 71.6 Å². The van der Waals surface area contributed by atoms with Crippen molar-refractivity contribution in [3.8, 4) is 5.75 Å². The predicted octanol–water partition coefficient (Wildman–Crippen LogP) is 5.81. The Kier molecular flexibility index (Phi) is 7.90. The Labute approximate surface area is 221 Å². The lowest BCUT2D eigenvalue weighted by atomic mass is 10.1. The summed E-state index contributed by atoms with van der Waals surface area (Å²) >= 11 is 6.72. The monoisotopic (exact) mass is 537 g/mol. The van der Waals surface area contributed by atoms with Gasteiger partial charge >= 0.3 is 0 Å². The van der Waals surface area contributed by atoms with E-state index in [0.29, 0.717) is 22.0 Å². The van der Waals surface area contributed by atoms with E-state index in [4.69, 9.17) is 16.3 Å². The molecule has 0 aliphatic carbocycles. The minimum Gasteiger partial charge on any atom is -0.488 e. The number of thioether (sulfide) groups is 1. The van der Waals surface area contributed by atoms with Crippen LogP contribution in [0.25, 0.3) is 6.08 Å². The number of hydrogen-bond acceptors (Lipinski definition) is 7. The van der Waals surface area contributed by atoms with Crippen LogP contribution in [0.3, 0.4) is 0 Å². The normalized spacial score (nSPS) is 14.2. The molecule has 4 rings (SSSR count). The number of nitro benzene ring substituents is 1. The Morgan fingerprint density at radius 3 is 2.59 bits per heavy atom. The zero-order valence-corrected chi connectivity index (χ0v) is 21.0. The van der Waals surface area contributed by atoms with Crippen molar-refractivity contribution in [1.82, 2.24) is 4.90 Å². The van der Waals surface area contributed by atoms with E-state index in [1.54, 1.807) is 61.5 Å². The number of non-ortho nitro benzene ring substituents is 1. The summed E-state index contributed by atoms with van der Waals surface area (Å²) < 4.78 is 5.87. The molecular formula is C26H20ClN3O6S. The number of hydrogen-bond donors (Lipinski definition) is 1. The maximum atomic E-state index is 12.9. The number of aryl methyl sites for hydroxylation is 1. The van der Waals surface area contributed by atoms with Gasteiger partial charge in [-0.3, -0.25) is 29.4 Å². The first kappa shape index (κ1) is 25.9. The zero-order valence-electron chi connectivity index (χ0n) is 19.5. The van der Waals surface area contributed by atoms with Gasteiger partial charge in [0.2, 0.25) is 5.91 Å². The third-order valence-electron chi connectivity index (χ3n) is 5.40. The standard InChI is InChI=1S/C26H20ClN3O6S/c1-16-6-9-19(27)13-21(16)28-24(31)14-29-25(32)23(37-26(29)33)12-18-4-2-3-5-22(18)36-15-17-7-10-20(11-8-17)30(34)35/h2-13H,14-15H2,1H3,(H,28,31)/b23-12-. The van der Waals surface area contributed by atoms with Crippen LogP contribution in [0.5, 0.6) is 5.75 Å². The molecule has 1 saturated heterocycles. The van der Waals surface area contributed by atoms with E-state index in [1.807, 2.05) is 0 Å². The molecular weight excluding hydrogens is 518 g/mol. The lowest BCUT2D eigenvalue weighted by Gasteiger charge is -2.14. The van der Waals surface area contributed by atoms with Crippen LogP contribution in [-0.2, 0) is 16.2 Å². The Balaban J connectivity index is 1.44. The minimum absolute atomic E-state index is 0.0174. The first-order chi connectivity index (χ1) is 17.7. The number of imide groups is 1. The number of para-hydroxylation sites is 1. The van der Waals surface area contributed by atoms with Gasteiger partial charge in [-0.2, -0.15) is 0 Å². The molecule has 0 aromatic heterocycles. The van der Waals surface area contributed by atoms with E-state index in [9.17, 15) is 24.5 Å². The second-order valence-corrected chi connectivity index (χ2v) is 9.45. The van der Waals surface area contributed by atoms with Crippen molar-refractivity contribution >= 4 is 57.9 Å². The maximum Gasteiger partial charge on any atom is 0.294 e. The lowest BCUT2D eigenvalue weighted by molar-refractivity contribution is -0.384. The summed E-state index contributed by atoms with van der Waals surface area (Å²) in [5, 5.41) is 13.4. The molecule has 0 bridgehead atoms. The fourth-order valence-electron chi connectivity index (χ4n) is 3.45. The highest BCUT2D eigenvalue weighted by Crippen LogP contribution is 2.34. The predicted molar refractivity (Wildman–Crippen MR) is 141 cm³/mol. The molecule has 1 aliphatic heterocycles. The van der Waals surface area contributed by atoms with Gasteiger partial charge in [-0.05, 0) is 66.2 Å². The van der Waals surface area contributed by atoms with Gasteiger partial charge in [0, 0.05) is 28.4 Å². The largest absolute Gasteiger partial charge is 0.488 e. The van der Waals surface area contributed by atoms with E-state index in [0.717, 1.165) is 27.8 Å². The number of nitrogens with one attached hydrogen (secondary N) is 1. The molecule has 0 spiro atoms. The summed E-state index contributed by atoms with van der Waals surface area (Å²) in [5.74, 6) is -0.652. The Morgan fingerprint density at radius 1 is 1.14 bits per heavy atom. The molecule has 37 heavy (non-hydrogen) atoms. The van der Waals surface area contributed by atoms with Crippen LogP contribution < -0.4 is 10.1 Å². The summed E-state index contributed by atoms with van der Waals surface area (Å²) in [4.78, 5) is 49.4. The van der Waals surface area contributed by atoms with Crippen LogP contribution in [-0.4, -0.2) is 33.4 Å². The number of carbonyl (C=O) groups excluding carboxylic acids is 3. The Morgan fingerprint density at radius 2 is 1.86 bits per heavy atom. The SMILES string of the molecule is Cc1ccc(Cl)cc1NC(=O)CN1C(=O)S/C(=C\c2ccccc2OCc2ccc([N+](=O)[O-])cc2)C1=O. The number of benzene rings is 3. The Bertz CT molecular complexity index is 1420. The first-order valence-corrected chi connectivity index (χ1v) is 12.2. The molecule has 9 nitrogen and oxygen atoms in total. The van der Waals surface area contributed by atoms with Gasteiger partial charge in [0.25, 0.3) is 16.8 Å². The van der Waals surface area contributed by atoms with Crippen molar-refractivity contribution in [2.45, 2.75) is 13.5 Å². The quantitative estimate of drug-likeness (QED) is 0.219. The van der Waals surface area contributed by atoms with E-state index in [1.165, 1.54) is 18.2 Å². The Hall–Kier alpha value is -4.15. The average molecular weight is 538 g/mol. The molecule has 3 amide bonds. The molecule has 11 heteroatoms. The smallest absolute Gasteiger partial charge is 0.294 e. The summed E-state index contributed by atoms with van der Waals surface area (Å²) in [6.07, 6.45) is 1.54. The fraction of sp³-hybridized carbons (Fsp3) is 0.115. The van der Waals surface area contributed by atoms with Gasteiger partial charge in [-0.25, -0.2) is 0 Å². The van der Waals surface area contributed by atoms with Crippen molar-refractivity contribution in [3.05, 3.63) is 103 Å². The number of carbonyl (C=O) groups is 3. The molecule has 0 saturated carbocycles. The molecule has 3 aromatic rings. The van der Waals surface area contributed by atoms with Crippen molar-refractivity contribution in [1.29, 1.82) is 0 Å². The summed E-state index contributed by atoms with van der Waals surface area (Å²) in [5.41, 5.74) is 2.56. The molecule has 1 heterocycles.